The fourth-order valence-corrected chi connectivity index (χ4v) is 4.30. The highest BCUT2D eigenvalue weighted by atomic mass is 16.3. The number of benzene rings is 2. The van der Waals surface area contributed by atoms with Crippen LogP contribution in [-0.2, 0) is 16.6 Å². The summed E-state index contributed by atoms with van der Waals surface area (Å²) in [6.45, 7) is 6.09. The third-order valence-corrected chi connectivity index (χ3v) is 6.36. The van der Waals surface area contributed by atoms with E-state index in [-0.39, 0.29) is 17.7 Å². The number of amides is 2. The maximum Gasteiger partial charge on any atom is 0.277 e. The quantitative estimate of drug-likeness (QED) is 0.312. The van der Waals surface area contributed by atoms with Gasteiger partial charge in [0, 0.05) is 23.6 Å². The lowest BCUT2D eigenvalue weighted by Gasteiger charge is -2.32. The molecule has 38 heavy (non-hydrogen) atoms. The molecule has 2 heterocycles. The zero-order chi connectivity index (χ0) is 27.1. The molecular weight excluding hydrogens is 478 g/mol. The van der Waals surface area contributed by atoms with Crippen LogP contribution in [0.15, 0.2) is 91.6 Å². The van der Waals surface area contributed by atoms with Gasteiger partial charge in [0.15, 0.2) is 0 Å². The van der Waals surface area contributed by atoms with Gasteiger partial charge in [-0.1, -0.05) is 69.3 Å². The smallest absolute Gasteiger partial charge is 0.277 e. The average molecular weight is 512 g/mol. The topological polar surface area (TPSA) is 111 Å². The van der Waals surface area contributed by atoms with Crippen molar-refractivity contribution in [3.63, 3.8) is 0 Å². The van der Waals surface area contributed by atoms with Crippen LogP contribution in [0, 0.1) is 0 Å². The number of hydrogen-bond donors (Lipinski definition) is 3. The fourth-order valence-electron chi connectivity index (χ4n) is 4.30. The molecular formula is C30H33N5O3. The summed E-state index contributed by atoms with van der Waals surface area (Å²) < 4.78 is 0. The molecule has 4 aromatic rings. The summed E-state index contributed by atoms with van der Waals surface area (Å²) in [6, 6.07) is 19.1. The maximum absolute atomic E-state index is 13.9. The molecule has 2 amide bonds. The van der Waals surface area contributed by atoms with E-state index < -0.39 is 23.9 Å². The molecule has 0 bridgehead atoms. The number of aliphatic hydroxyl groups is 1. The predicted octanol–water partition coefficient (Wildman–Crippen LogP) is 4.21. The molecule has 2 atom stereocenters. The Morgan fingerprint density at radius 2 is 1.71 bits per heavy atom. The Kier molecular flexibility index (Phi) is 8.33. The number of carbonyl (C=O) groups is 2. The first-order valence-corrected chi connectivity index (χ1v) is 12.6. The van der Waals surface area contributed by atoms with E-state index >= 15 is 0 Å². The molecule has 0 radical (unpaired) electrons. The summed E-state index contributed by atoms with van der Waals surface area (Å²) in [7, 11) is 0. The Balaban J connectivity index is 1.75. The minimum atomic E-state index is -1.05. The van der Waals surface area contributed by atoms with E-state index in [9.17, 15) is 14.7 Å². The van der Waals surface area contributed by atoms with Gasteiger partial charge in [-0.05, 0) is 41.2 Å². The predicted molar refractivity (Wildman–Crippen MR) is 147 cm³/mol. The third kappa shape index (κ3) is 6.33. The summed E-state index contributed by atoms with van der Waals surface area (Å²) in [4.78, 5) is 40.3. The van der Waals surface area contributed by atoms with Gasteiger partial charge in [-0.25, -0.2) is 4.98 Å². The van der Waals surface area contributed by atoms with E-state index in [0.29, 0.717) is 17.7 Å². The summed E-state index contributed by atoms with van der Waals surface area (Å²) in [6.07, 6.45) is 6.49. The number of nitrogens with zero attached hydrogens (tertiary/aromatic N) is 3. The molecule has 4 rings (SSSR count). The van der Waals surface area contributed by atoms with Gasteiger partial charge in [-0.15, -0.1) is 0 Å². The van der Waals surface area contributed by atoms with Gasteiger partial charge >= 0.3 is 0 Å². The van der Waals surface area contributed by atoms with Gasteiger partial charge < -0.3 is 15.4 Å². The minimum Gasteiger partial charge on any atom is -0.394 e. The van der Waals surface area contributed by atoms with Gasteiger partial charge in [-0.2, -0.15) is 0 Å². The van der Waals surface area contributed by atoms with Crippen LogP contribution in [-0.4, -0.2) is 44.5 Å². The Hall–Kier alpha value is -4.30. The maximum atomic E-state index is 13.9. The van der Waals surface area contributed by atoms with Gasteiger partial charge in [-0.3, -0.25) is 19.5 Å². The Labute approximate surface area is 222 Å². The largest absolute Gasteiger partial charge is 0.394 e. The molecule has 2 aromatic heterocycles. The van der Waals surface area contributed by atoms with E-state index in [0.717, 1.165) is 11.1 Å². The zero-order valence-corrected chi connectivity index (χ0v) is 21.8. The molecule has 0 spiro atoms. The van der Waals surface area contributed by atoms with Crippen molar-refractivity contribution in [2.24, 2.45) is 0 Å². The summed E-state index contributed by atoms with van der Waals surface area (Å²) in [5, 5.41) is 13.1. The summed E-state index contributed by atoms with van der Waals surface area (Å²) in [5.41, 5.74) is 3.32. The molecule has 3 N–H and O–H groups in total. The zero-order valence-electron chi connectivity index (χ0n) is 21.8. The van der Waals surface area contributed by atoms with Crippen LogP contribution >= 0.6 is 0 Å². The number of anilines is 1. The molecule has 0 aliphatic heterocycles. The van der Waals surface area contributed by atoms with E-state index in [2.05, 4.69) is 41.0 Å². The number of rotatable bonds is 9. The van der Waals surface area contributed by atoms with Gasteiger partial charge in [0.25, 0.3) is 5.91 Å². The van der Waals surface area contributed by atoms with Crippen LogP contribution in [0.25, 0.3) is 0 Å². The molecule has 8 nitrogen and oxygen atoms in total. The molecule has 1 unspecified atom stereocenters. The van der Waals surface area contributed by atoms with Crippen LogP contribution < -0.4 is 10.2 Å². The third-order valence-electron chi connectivity index (χ3n) is 6.36. The van der Waals surface area contributed by atoms with E-state index in [1.165, 1.54) is 17.4 Å². The van der Waals surface area contributed by atoms with Crippen LogP contribution in [0.1, 0.15) is 54.0 Å². The first-order chi connectivity index (χ1) is 18.3. The van der Waals surface area contributed by atoms with Crippen molar-refractivity contribution in [2.75, 3.05) is 11.5 Å². The van der Waals surface area contributed by atoms with Gasteiger partial charge in [0.1, 0.15) is 11.7 Å². The molecule has 196 valence electrons. The number of hydrogen-bond acceptors (Lipinski definition) is 5. The van der Waals surface area contributed by atoms with Crippen LogP contribution in [0.5, 0.6) is 0 Å². The highest BCUT2D eigenvalue weighted by Crippen LogP contribution is 2.31. The van der Waals surface area contributed by atoms with Crippen molar-refractivity contribution >= 4 is 17.5 Å². The lowest BCUT2D eigenvalue weighted by molar-refractivity contribution is -0.123. The van der Waals surface area contributed by atoms with Crippen molar-refractivity contribution < 1.29 is 14.7 Å². The SMILES string of the molecule is CC(C)(C)c1ccc(N(C(=O)c2cnc[nH]2)C(C(=O)N[C@@H](CO)Cc2ccccc2)c2cccnc2)cc1. The summed E-state index contributed by atoms with van der Waals surface area (Å²) in [5.74, 6) is -0.848. The minimum absolute atomic E-state index is 0.0807. The van der Waals surface area contributed by atoms with Crippen molar-refractivity contribution in [2.45, 2.75) is 44.7 Å². The van der Waals surface area contributed by atoms with Crippen LogP contribution in [0.4, 0.5) is 5.69 Å². The van der Waals surface area contributed by atoms with Gasteiger partial charge in [0.05, 0.1) is 25.2 Å². The number of pyridine rings is 1. The molecule has 0 aliphatic rings. The van der Waals surface area contributed by atoms with Crippen LogP contribution in [0.3, 0.4) is 0 Å². The number of carbonyl (C=O) groups excluding carboxylic acids is 2. The molecule has 8 heteroatoms. The van der Waals surface area contributed by atoms with Crippen molar-refractivity contribution in [1.29, 1.82) is 0 Å². The second-order valence-electron chi connectivity index (χ2n) is 10.2. The highest BCUT2D eigenvalue weighted by molar-refractivity contribution is 6.09. The van der Waals surface area contributed by atoms with Crippen molar-refractivity contribution in [3.8, 4) is 0 Å². The lowest BCUT2D eigenvalue weighted by atomic mass is 9.87. The van der Waals surface area contributed by atoms with Crippen LogP contribution in [0.2, 0.25) is 0 Å². The normalized spacial score (nSPS) is 12.9. The Bertz CT molecular complexity index is 1320. The van der Waals surface area contributed by atoms with E-state index in [1.807, 2.05) is 54.6 Å². The second-order valence-corrected chi connectivity index (χ2v) is 10.2. The monoisotopic (exact) mass is 511 g/mol. The first-order valence-electron chi connectivity index (χ1n) is 12.6. The number of H-pyrrole nitrogens is 1. The number of aliphatic hydroxyl groups excluding tert-OH is 1. The summed E-state index contributed by atoms with van der Waals surface area (Å²) >= 11 is 0. The van der Waals surface area contributed by atoms with E-state index in [1.54, 1.807) is 24.5 Å². The Morgan fingerprint density at radius 3 is 2.29 bits per heavy atom. The standard InChI is InChI=1S/C30H33N5O3/c1-30(2,3)23-11-13-25(14-12-23)35(29(38)26-18-32-20-33-26)27(22-10-7-15-31-17-22)28(37)34-24(19-36)16-21-8-5-4-6-9-21/h4-15,17-18,20,24,27,36H,16,19H2,1-3H3,(H,32,33)(H,34,37)/t24-,27?/m1/s1. The van der Waals surface area contributed by atoms with Crippen molar-refractivity contribution in [3.05, 3.63) is 114 Å². The second kappa shape index (κ2) is 11.8. The number of imidazole rings is 1. The highest BCUT2D eigenvalue weighted by Gasteiger charge is 2.35. The molecule has 0 saturated carbocycles. The average Bonchev–Trinajstić information content (AvgIpc) is 3.47. The van der Waals surface area contributed by atoms with Crippen molar-refractivity contribution in [1.82, 2.24) is 20.3 Å². The number of aromatic nitrogens is 3. The van der Waals surface area contributed by atoms with Gasteiger partial charge in [0.2, 0.25) is 5.91 Å². The Morgan fingerprint density at radius 1 is 0.974 bits per heavy atom. The fraction of sp³-hybridized carbons (Fsp3) is 0.267. The molecule has 0 saturated heterocycles. The molecule has 0 fully saturated rings. The lowest BCUT2D eigenvalue weighted by Crippen LogP contribution is -2.48. The number of aromatic amines is 1. The molecule has 0 aliphatic carbocycles. The van der Waals surface area contributed by atoms with E-state index in [4.69, 9.17) is 0 Å². The number of nitrogens with one attached hydrogen (secondary N) is 2. The molecule has 2 aromatic carbocycles. The first kappa shape index (κ1) is 26.8.